The van der Waals surface area contributed by atoms with E-state index in [4.69, 9.17) is 4.74 Å². The Hall–Kier alpha value is -4.62. The topological polar surface area (TPSA) is 178 Å². The summed E-state index contributed by atoms with van der Waals surface area (Å²) in [7, 11) is 0. The molecule has 6 atom stereocenters. The second-order valence-electron chi connectivity index (χ2n) is 16.0. The third-order valence-electron chi connectivity index (χ3n) is 11.8. The van der Waals surface area contributed by atoms with Crippen molar-refractivity contribution in [3.8, 4) is 5.75 Å². The fraction of sp³-hybridized carbons (Fsp3) is 0.500. The summed E-state index contributed by atoms with van der Waals surface area (Å²) >= 11 is 0. The van der Waals surface area contributed by atoms with Gasteiger partial charge in [-0.2, -0.15) is 0 Å². The lowest BCUT2D eigenvalue weighted by Gasteiger charge is -2.24. The van der Waals surface area contributed by atoms with E-state index in [1.165, 1.54) is 0 Å². The van der Waals surface area contributed by atoms with Crippen molar-refractivity contribution in [3.05, 3.63) is 101 Å². The van der Waals surface area contributed by atoms with E-state index in [2.05, 4.69) is 16.0 Å². The van der Waals surface area contributed by atoms with Gasteiger partial charge in [0.25, 0.3) is 0 Å². The van der Waals surface area contributed by atoms with Crippen molar-refractivity contribution in [1.82, 2.24) is 20.9 Å². The molecule has 56 heavy (non-hydrogen) atoms. The highest BCUT2D eigenvalue weighted by Gasteiger charge is 2.33. The molecule has 300 valence electrons. The van der Waals surface area contributed by atoms with E-state index in [9.17, 15) is 34.5 Å². The zero-order valence-corrected chi connectivity index (χ0v) is 32.0. The number of nitrogens with one attached hydrogen (secondary N) is 3. The Morgan fingerprint density at radius 2 is 0.982 bits per heavy atom. The molecule has 3 saturated heterocycles. The lowest BCUT2D eigenvalue weighted by molar-refractivity contribution is -0.144. The first kappa shape index (κ1) is 41.0. The molecule has 6 N–H and O–H groups in total. The monoisotopic (exact) mass is 768 g/mol. The molecule has 3 aromatic carbocycles. The maximum Gasteiger partial charge on any atom is 0.307 e. The Labute approximate surface area is 329 Å². The highest BCUT2D eigenvalue weighted by Crippen LogP contribution is 2.28. The van der Waals surface area contributed by atoms with Gasteiger partial charge in [0.15, 0.2) is 5.78 Å². The van der Waals surface area contributed by atoms with Crippen LogP contribution in [0, 0.1) is 35.5 Å². The number of ether oxygens (including phenoxy) is 1. The smallest absolute Gasteiger partial charge is 0.307 e. The molecule has 3 heterocycles. The molecule has 3 fully saturated rings. The Morgan fingerprint density at radius 3 is 1.38 bits per heavy atom. The van der Waals surface area contributed by atoms with Gasteiger partial charge in [-0.3, -0.25) is 24.1 Å². The normalized spacial score (nSPS) is 21.1. The highest BCUT2D eigenvalue weighted by atomic mass is 16.5. The number of carboxylic acids is 3. The number of hydrogen-bond acceptors (Lipinski definition) is 9. The van der Waals surface area contributed by atoms with Crippen LogP contribution in [0.25, 0.3) is 0 Å². The van der Waals surface area contributed by atoms with Crippen LogP contribution in [0.15, 0.2) is 72.8 Å². The van der Waals surface area contributed by atoms with Crippen molar-refractivity contribution in [1.29, 1.82) is 0 Å². The van der Waals surface area contributed by atoms with E-state index in [1.807, 2.05) is 71.6 Å². The lowest BCUT2D eigenvalue weighted by atomic mass is 9.86. The van der Waals surface area contributed by atoms with Crippen molar-refractivity contribution in [2.75, 3.05) is 52.4 Å². The van der Waals surface area contributed by atoms with Crippen LogP contribution in [0.3, 0.4) is 0 Å². The van der Waals surface area contributed by atoms with Gasteiger partial charge in [-0.05, 0) is 135 Å². The van der Waals surface area contributed by atoms with Gasteiger partial charge in [0.1, 0.15) is 12.4 Å². The number of rotatable bonds is 21. The first-order valence-electron chi connectivity index (χ1n) is 20.0. The van der Waals surface area contributed by atoms with E-state index in [0.29, 0.717) is 57.7 Å². The Morgan fingerprint density at radius 1 is 0.589 bits per heavy atom. The quantitative estimate of drug-likeness (QED) is 0.0924. The maximum atomic E-state index is 13.6. The summed E-state index contributed by atoms with van der Waals surface area (Å²) in [6.45, 7) is 5.34. The molecule has 0 aliphatic carbocycles. The third-order valence-corrected chi connectivity index (χ3v) is 11.8. The van der Waals surface area contributed by atoms with E-state index >= 15 is 0 Å². The lowest BCUT2D eigenvalue weighted by Crippen LogP contribution is -2.32. The summed E-state index contributed by atoms with van der Waals surface area (Å²) in [5.41, 5.74) is 4.64. The fourth-order valence-electron chi connectivity index (χ4n) is 8.81. The van der Waals surface area contributed by atoms with Crippen LogP contribution in [0.2, 0.25) is 0 Å². The molecular formula is C44H56N4O8. The summed E-state index contributed by atoms with van der Waals surface area (Å²) in [6, 6.07) is 23.2. The van der Waals surface area contributed by atoms with Gasteiger partial charge >= 0.3 is 17.9 Å². The number of benzene rings is 3. The number of hydrogen-bond donors (Lipinski definition) is 6. The van der Waals surface area contributed by atoms with Gasteiger partial charge < -0.3 is 36.0 Å². The van der Waals surface area contributed by atoms with Crippen molar-refractivity contribution in [2.24, 2.45) is 35.5 Å². The molecule has 12 nitrogen and oxygen atoms in total. The summed E-state index contributed by atoms with van der Waals surface area (Å²) in [5, 5.41) is 39.8. The van der Waals surface area contributed by atoms with Crippen LogP contribution >= 0.6 is 0 Å². The van der Waals surface area contributed by atoms with Gasteiger partial charge in [0.2, 0.25) is 0 Å². The third kappa shape index (κ3) is 11.7. The standard InChI is InChI=1S/C44H56N4O8/c49-37(28-56-38-9-3-6-31(18-38)21-41(44(54)55)36-12-15-47-24-36)27-48(25-32-7-1-4-29(16-32)19-39(42(50)51)34-10-13-45-22-34)26-33-8-2-5-30(17-33)20-40(43(52)53)35-11-14-46-23-35/h1-9,16-18,34-36,39-41,45-47H,10-15,19-28H2,(H,50,51)(H,52,53)(H,54,55)/t34-,35-,36-,39-,40-,41-/m0/s1. The van der Waals surface area contributed by atoms with Crippen LogP contribution < -0.4 is 20.7 Å². The van der Waals surface area contributed by atoms with E-state index in [1.54, 1.807) is 6.07 Å². The van der Waals surface area contributed by atoms with Gasteiger partial charge in [-0.1, -0.05) is 60.7 Å². The molecular weight excluding hydrogens is 713 g/mol. The zero-order chi connectivity index (χ0) is 39.4. The molecule has 6 rings (SSSR count). The SMILES string of the molecule is O=C(COc1cccc(C[C@H](C(=O)O)[C@H]2CCNC2)c1)CN(Cc1cccc(C[C@H](C(=O)O)[C@H]2CCNC2)c1)Cc1cccc(C[C@H](C(=O)O)[C@H]2CCNC2)c1. The molecule has 0 unspecified atom stereocenters. The van der Waals surface area contributed by atoms with Gasteiger partial charge in [-0.25, -0.2) is 0 Å². The Kier molecular flexibility index (Phi) is 14.6. The number of nitrogens with zero attached hydrogens (tertiary/aromatic N) is 1. The molecule has 3 aliphatic heterocycles. The zero-order valence-electron chi connectivity index (χ0n) is 32.0. The molecule has 0 saturated carbocycles. The second-order valence-corrected chi connectivity index (χ2v) is 16.0. The Balaban J connectivity index is 1.15. The summed E-state index contributed by atoms with van der Waals surface area (Å²) in [4.78, 5) is 52.2. The van der Waals surface area contributed by atoms with E-state index in [0.717, 1.165) is 66.7 Å². The number of Topliss-reactive ketones (excluding diaryl/α,β-unsaturated/α-hetero) is 1. The molecule has 0 radical (unpaired) electrons. The second kappa shape index (κ2) is 20.0. The summed E-state index contributed by atoms with van der Waals surface area (Å²) in [5.74, 6) is -3.27. The molecule has 3 aliphatic rings. The fourth-order valence-corrected chi connectivity index (χ4v) is 8.81. The molecule has 12 heteroatoms. The predicted octanol–water partition coefficient (Wildman–Crippen LogP) is 3.90. The minimum Gasteiger partial charge on any atom is -0.486 e. The number of carbonyl (C=O) groups excluding carboxylic acids is 1. The number of carboxylic acid groups (broad SMARTS) is 3. The first-order valence-corrected chi connectivity index (χ1v) is 20.0. The maximum absolute atomic E-state index is 13.6. The van der Waals surface area contributed by atoms with Crippen LogP contribution in [-0.2, 0) is 51.5 Å². The molecule has 0 aromatic heterocycles. The van der Waals surface area contributed by atoms with Crippen molar-refractivity contribution in [2.45, 2.75) is 51.6 Å². The largest absolute Gasteiger partial charge is 0.486 e. The molecule has 3 aromatic rings. The van der Waals surface area contributed by atoms with Crippen LogP contribution in [0.4, 0.5) is 0 Å². The molecule has 0 spiro atoms. The van der Waals surface area contributed by atoms with Crippen molar-refractivity contribution >= 4 is 23.7 Å². The van der Waals surface area contributed by atoms with Gasteiger partial charge in [0, 0.05) is 13.1 Å². The first-order chi connectivity index (χ1) is 27.1. The van der Waals surface area contributed by atoms with Crippen LogP contribution in [-0.4, -0.2) is 96.3 Å². The minimum atomic E-state index is -0.808. The number of carbonyl (C=O) groups is 4. The predicted molar refractivity (Wildman–Crippen MR) is 211 cm³/mol. The van der Waals surface area contributed by atoms with Crippen LogP contribution in [0.5, 0.6) is 5.75 Å². The van der Waals surface area contributed by atoms with Crippen LogP contribution in [0.1, 0.15) is 47.1 Å². The average molecular weight is 769 g/mol. The Bertz CT molecular complexity index is 1720. The number of ketones is 1. The van der Waals surface area contributed by atoms with E-state index < -0.39 is 35.7 Å². The summed E-state index contributed by atoms with van der Waals surface area (Å²) in [6.07, 6.45) is 3.74. The van der Waals surface area contributed by atoms with Gasteiger partial charge in [-0.15, -0.1) is 0 Å². The summed E-state index contributed by atoms with van der Waals surface area (Å²) < 4.78 is 5.99. The average Bonchev–Trinajstić information content (AvgIpc) is 4.00. The number of aliphatic carboxylic acids is 3. The minimum absolute atomic E-state index is 0.0670. The molecule has 0 amide bonds. The van der Waals surface area contributed by atoms with Gasteiger partial charge in [0.05, 0.1) is 24.3 Å². The van der Waals surface area contributed by atoms with Crippen molar-refractivity contribution < 1.29 is 39.2 Å². The van der Waals surface area contributed by atoms with Crippen molar-refractivity contribution in [3.63, 3.8) is 0 Å². The highest BCUT2D eigenvalue weighted by molar-refractivity contribution is 5.82. The van der Waals surface area contributed by atoms with E-state index in [-0.39, 0.29) is 36.7 Å². The molecule has 0 bridgehead atoms.